The lowest BCUT2D eigenvalue weighted by Gasteiger charge is -2.01. The van der Waals surface area contributed by atoms with Gasteiger partial charge >= 0.3 is 0 Å². The summed E-state index contributed by atoms with van der Waals surface area (Å²) in [6.07, 6.45) is 1.48. The van der Waals surface area contributed by atoms with Crippen LogP contribution in [0.5, 0.6) is 11.5 Å². The molecule has 0 saturated heterocycles. The molecule has 108 valence electrons. The van der Waals surface area contributed by atoms with Gasteiger partial charge < -0.3 is 10.2 Å². The Kier molecular flexibility index (Phi) is 4.79. The number of nitrogens with zero attached hydrogens (tertiary/aromatic N) is 1. The van der Waals surface area contributed by atoms with Crippen molar-refractivity contribution < 1.29 is 15.0 Å². The lowest BCUT2D eigenvalue weighted by atomic mass is 10.1. The van der Waals surface area contributed by atoms with Crippen molar-refractivity contribution in [2.75, 3.05) is 0 Å². The first-order chi connectivity index (χ1) is 10.0. The van der Waals surface area contributed by atoms with Crippen molar-refractivity contribution >= 4 is 23.7 Å². The van der Waals surface area contributed by atoms with Gasteiger partial charge in [-0.15, -0.1) is 0 Å². The number of hydrogen-bond donors (Lipinski definition) is 3. The number of phenolic OH excluding ortho intramolecular Hbond substituents is 2. The lowest BCUT2D eigenvalue weighted by Crippen LogP contribution is -2.19. The van der Waals surface area contributed by atoms with Crippen LogP contribution in [-0.2, 0) is 11.2 Å². The molecule has 2 aromatic rings. The molecule has 0 saturated carbocycles. The minimum atomic E-state index is -0.285. The highest BCUT2D eigenvalue weighted by Gasteiger charge is 2.03. The fourth-order valence-electron chi connectivity index (χ4n) is 1.64. The molecule has 0 heterocycles. The average molecular weight is 305 g/mol. The number of carbonyl (C=O) groups excluding carboxylic acids is 1. The number of hydrogen-bond acceptors (Lipinski definition) is 4. The Bertz CT molecular complexity index is 669. The summed E-state index contributed by atoms with van der Waals surface area (Å²) in [7, 11) is 0. The Morgan fingerprint density at radius 2 is 1.90 bits per heavy atom. The molecule has 3 N–H and O–H groups in total. The number of phenols is 2. The highest BCUT2D eigenvalue weighted by atomic mass is 35.5. The van der Waals surface area contributed by atoms with E-state index in [9.17, 15) is 9.90 Å². The summed E-state index contributed by atoms with van der Waals surface area (Å²) >= 11 is 5.76. The van der Waals surface area contributed by atoms with Crippen LogP contribution in [0.2, 0.25) is 5.02 Å². The largest absolute Gasteiger partial charge is 0.508 e. The normalized spacial score (nSPS) is 10.7. The van der Waals surface area contributed by atoms with E-state index in [1.165, 1.54) is 24.4 Å². The maximum Gasteiger partial charge on any atom is 0.244 e. The maximum absolute atomic E-state index is 11.7. The topological polar surface area (TPSA) is 81.9 Å². The molecule has 0 aliphatic carbocycles. The van der Waals surface area contributed by atoms with Gasteiger partial charge in [-0.05, 0) is 29.8 Å². The summed E-state index contributed by atoms with van der Waals surface area (Å²) < 4.78 is 0. The Morgan fingerprint density at radius 3 is 2.57 bits per heavy atom. The van der Waals surface area contributed by atoms with Crippen LogP contribution in [0.15, 0.2) is 47.6 Å². The van der Waals surface area contributed by atoms with Crippen LogP contribution in [0.4, 0.5) is 0 Å². The molecule has 0 radical (unpaired) electrons. The van der Waals surface area contributed by atoms with Gasteiger partial charge in [0.15, 0.2) is 0 Å². The van der Waals surface area contributed by atoms with Gasteiger partial charge in [0.1, 0.15) is 11.5 Å². The van der Waals surface area contributed by atoms with Crippen molar-refractivity contribution in [2.45, 2.75) is 6.42 Å². The van der Waals surface area contributed by atoms with E-state index in [4.69, 9.17) is 16.7 Å². The Hall–Kier alpha value is -2.53. The van der Waals surface area contributed by atoms with E-state index in [0.29, 0.717) is 10.6 Å². The minimum Gasteiger partial charge on any atom is -0.508 e. The number of halogens is 1. The van der Waals surface area contributed by atoms with Gasteiger partial charge in [0.05, 0.1) is 12.6 Å². The molecule has 0 aliphatic heterocycles. The first-order valence-corrected chi connectivity index (χ1v) is 6.51. The summed E-state index contributed by atoms with van der Waals surface area (Å²) in [4.78, 5) is 11.7. The Morgan fingerprint density at radius 1 is 1.19 bits per heavy atom. The SMILES string of the molecule is O=C(Cc1ccc(Cl)cc1)NN=Cc1ccc(O)cc1O. The average Bonchev–Trinajstić information content (AvgIpc) is 2.44. The van der Waals surface area contributed by atoms with E-state index in [2.05, 4.69) is 10.5 Å². The smallest absolute Gasteiger partial charge is 0.244 e. The number of nitrogens with one attached hydrogen (secondary N) is 1. The zero-order valence-electron chi connectivity index (χ0n) is 11.0. The molecule has 2 aromatic carbocycles. The van der Waals surface area contributed by atoms with Gasteiger partial charge in [-0.1, -0.05) is 23.7 Å². The van der Waals surface area contributed by atoms with Crippen LogP contribution < -0.4 is 5.43 Å². The van der Waals surface area contributed by atoms with Gasteiger partial charge in [-0.3, -0.25) is 4.79 Å². The molecule has 21 heavy (non-hydrogen) atoms. The fourth-order valence-corrected chi connectivity index (χ4v) is 1.77. The lowest BCUT2D eigenvalue weighted by molar-refractivity contribution is -0.120. The van der Waals surface area contributed by atoms with Crippen LogP contribution in [-0.4, -0.2) is 22.3 Å². The van der Waals surface area contributed by atoms with E-state index >= 15 is 0 Å². The van der Waals surface area contributed by atoms with Crippen molar-refractivity contribution in [1.29, 1.82) is 0 Å². The molecule has 0 atom stereocenters. The van der Waals surface area contributed by atoms with Crippen molar-refractivity contribution in [3.8, 4) is 11.5 Å². The zero-order valence-corrected chi connectivity index (χ0v) is 11.7. The summed E-state index contributed by atoms with van der Waals surface area (Å²) in [5, 5.41) is 23.1. The van der Waals surface area contributed by atoms with Gasteiger partial charge in [0.2, 0.25) is 5.91 Å². The number of hydrazone groups is 1. The quantitative estimate of drug-likeness (QED) is 0.599. The molecule has 0 spiro atoms. The highest BCUT2D eigenvalue weighted by Crippen LogP contribution is 2.20. The summed E-state index contributed by atoms with van der Waals surface area (Å²) in [5.74, 6) is -0.450. The van der Waals surface area contributed by atoms with E-state index in [1.54, 1.807) is 24.3 Å². The predicted octanol–water partition coefficient (Wildman–Crippen LogP) is 2.44. The molecule has 0 unspecified atom stereocenters. The van der Waals surface area contributed by atoms with Crippen molar-refractivity contribution in [2.24, 2.45) is 5.10 Å². The first kappa shape index (κ1) is 14.9. The van der Waals surface area contributed by atoms with Gasteiger partial charge in [-0.2, -0.15) is 5.10 Å². The second-order valence-electron chi connectivity index (χ2n) is 4.34. The maximum atomic E-state index is 11.7. The highest BCUT2D eigenvalue weighted by molar-refractivity contribution is 6.30. The Labute approximate surface area is 126 Å². The standard InChI is InChI=1S/C15H13ClN2O3/c16-12-4-1-10(2-5-12)7-15(21)18-17-9-11-3-6-13(19)8-14(11)20/h1-6,8-9,19-20H,7H2,(H,18,21). The number of aromatic hydroxyl groups is 2. The van der Waals surface area contributed by atoms with E-state index < -0.39 is 0 Å². The van der Waals surface area contributed by atoms with Crippen LogP contribution >= 0.6 is 11.6 Å². The first-order valence-electron chi connectivity index (χ1n) is 6.13. The van der Waals surface area contributed by atoms with Crippen LogP contribution in [0.3, 0.4) is 0 Å². The molecule has 0 aromatic heterocycles. The second-order valence-corrected chi connectivity index (χ2v) is 4.78. The van der Waals surface area contributed by atoms with Gasteiger partial charge in [-0.25, -0.2) is 5.43 Å². The third-order valence-electron chi connectivity index (χ3n) is 2.68. The van der Waals surface area contributed by atoms with Crippen molar-refractivity contribution in [3.63, 3.8) is 0 Å². The molecule has 0 aliphatic rings. The van der Waals surface area contributed by atoms with E-state index in [0.717, 1.165) is 5.56 Å². The summed E-state index contributed by atoms with van der Waals surface area (Å²) in [6.45, 7) is 0. The van der Waals surface area contributed by atoms with Crippen molar-refractivity contribution in [1.82, 2.24) is 5.43 Å². The molecule has 1 amide bonds. The number of carbonyl (C=O) groups is 1. The van der Waals surface area contributed by atoms with Gasteiger partial charge in [0.25, 0.3) is 0 Å². The van der Waals surface area contributed by atoms with E-state index in [1.807, 2.05) is 0 Å². The Balaban J connectivity index is 1.91. The van der Waals surface area contributed by atoms with Crippen LogP contribution in [0.1, 0.15) is 11.1 Å². The summed E-state index contributed by atoms with van der Waals surface area (Å²) in [6, 6.07) is 11.0. The number of amides is 1. The second kappa shape index (κ2) is 6.76. The van der Waals surface area contributed by atoms with E-state index in [-0.39, 0.29) is 23.8 Å². The molecule has 2 rings (SSSR count). The summed E-state index contributed by atoms with van der Waals surface area (Å²) in [5.41, 5.74) is 3.57. The minimum absolute atomic E-state index is 0.0450. The van der Waals surface area contributed by atoms with Crippen LogP contribution in [0, 0.1) is 0 Å². The zero-order chi connectivity index (χ0) is 15.2. The third kappa shape index (κ3) is 4.50. The molecular weight excluding hydrogens is 292 g/mol. The molecule has 6 heteroatoms. The molecule has 0 bridgehead atoms. The monoisotopic (exact) mass is 304 g/mol. The number of rotatable bonds is 4. The third-order valence-corrected chi connectivity index (χ3v) is 2.94. The molecule has 0 fully saturated rings. The fraction of sp³-hybridized carbons (Fsp3) is 0.0667. The van der Waals surface area contributed by atoms with Crippen molar-refractivity contribution in [3.05, 3.63) is 58.6 Å². The molecule has 5 nitrogen and oxygen atoms in total. The van der Waals surface area contributed by atoms with Crippen LogP contribution in [0.25, 0.3) is 0 Å². The van der Waals surface area contributed by atoms with Gasteiger partial charge in [0, 0.05) is 16.7 Å². The molecular formula is C15H13ClN2O3. The predicted molar refractivity (Wildman–Crippen MR) is 80.7 cm³/mol. The number of benzene rings is 2.